The summed E-state index contributed by atoms with van der Waals surface area (Å²) in [5.41, 5.74) is 1.95. The molecule has 0 saturated heterocycles. The fraction of sp³-hybridized carbons (Fsp3) is 0.200. The van der Waals surface area contributed by atoms with Crippen molar-refractivity contribution in [3.63, 3.8) is 0 Å². The van der Waals surface area contributed by atoms with E-state index in [0.29, 0.717) is 22.4 Å². The van der Waals surface area contributed by atoms with Crippen molar-refractivity contribution in [2.24, 2.45) is 0 Å². The minimum Gasteiger partial charge on any atom is -0.467 e. The predicted molar refractivity (Wildman–Crippen MR) is 121 cm³/mol. The summed E-state index contributed by atoms with van der Waals surface area (Å²) < 4.78 is 16.2. The number of carbonyl (C=O) groups is 2. The average molecular weight is 462 g/mol. The second-order valence-electron chi connectivity index (χ2n) is 7.65. The van der Waals surface area contributed by atoms with Crippen LogP contribution in [-0.4, -0.2) is 29.6 Å². The fourth-order valence-electron chi connectivity index (χ4n) is 3.62. The number of non-ortho nitro benzene ring substituents is 1. The maximum absolute atomic E-state index is 13.0. The summed E-state index contributed by atoms with van der Waals surface area (Å²) in [5.74, 6) is -0.676. The molecular formula is C25H22N2O7. The lowest BCUT2D eigenvalue weighted by molar-refractivity contribution is -0.385. The van der Waals surface area contributed by atoms with Crippen molar-refractivity contribution < 1.29 is 28.7 Å². The molecule has 0 bridgehead atoms. The first kappa shape index (κ1) is 22.9. The minimum atomic E-state index is -0.964. The van der Waals surface area contributed by atoms with Gasteiger partial charge in [-0.3, -0.25) is 14.9 Å². The number of nitrogens with zero attached hydrogens (tertiary/aromatic N) is 1. The van der Waals surface area contributed by atoms with Crippen molar-refractivity contribution in [3.05, 3.63) is 105 Å². The molecule has 4 rings (SSSR count). The standard InChI is InChI=1S/C25H22N2O7/c28-24(18-9-5-2-6-10-18)26-22(11-17-7-3-1-4-8-17)25(29)33-15-20-13-21(27(30)31)12-19-14-32-16-34-23(19)20/h1-10,12-13,22H,11,14-16H2,(H,26,28)/t22-/m1/s1. The maximum atomic E-state index is 13.0. The van der Waals surface area contributed by atoms with Crippen molar-refractivity contribution in [3.8, 4) is 5.75 Å². The van der Waals surface area contributed by atoms with Crippen LogP contribution in [0.1, 0.15) is 27.0 Å². The van der Waals surface area contributed by atoms with E-state index in [0.717, 1.165) is 5.56 Å². The molecule has 0 aromatic heterocycles. The number of nitrogens with one attached hydrogen (secondary N) is 1. The van der Waals surface area contributed by atoms with Crippen LogP contribution in [0, 0.1) is 10.1 Å². The zero-order chi connectivity index (χ0) is 23.9. The molecular weight excluding hydrogens is 440 g/mol. The normalized spacial score (nSPS) is 13.2. The van der Waals surface area contributed by atoms with Gasteiger partial charge in [0.1, 0.15) is 18.4 Å². The largest absolute Gasteiger partial charge is 0.467 e. The molecule has 1 heterocycles. The number of amides is 1. The first-order valence-corrected chi connectivity index (χ1v) is 10.6. The lowest BCUT2D eigenvalue weighted by atomic mass is 10.0. The highest BCUT2D eigenvalue weighted by Gasteiger charge is 2.26. The molecule has 9 nitrogen and oxygen atoms in total. The van der Waals surface area contributed by atoms with Gasteiger partial charge in [0.15, 0.2) is 6.79 Å². The molecule has 1 aliphatic rings. The Morgan fingerprint density at radius 3 is 2.47 bits per heavy atom. The number of esters is 1. The van der Waals surface area contributed by atoms with Gasteiger partial charge in [-0.2, -0.15) is 0 Å². The number of ether oxygens (including phenoxy) is 3. The summed E-state index contributed by atoms with van der Waals surface area (Å²) >= 11 is 0. The van der Waals surface area contributed by atoms with E-state index in [2.05, 4.69) is 5.32 Å². The van der Waals surface area contributed by atoms with Gasteiger partial charge < -0.3 is 19.5 Å². The Balaban J connectivity index is 1.53. The Kier molecular flexibility index (Phi) is 7.14. The van der Waals surface area contributed by atoms with Gasteiger partial charge in [-0.15, -0.1) is 0 Å². The second-order valence-corrected chi connectivity index (χ2v) is 7.65. The first-order valence-electron chi connectivity index (χ1n) is 10.6. The smallest absolute Gasteiger partial charge is 0.329 e. The van der Waals surface area contributed by atoms with E-state index in [-0.39, 0.29) is 32.1 Å². The Morgan fingerprint density at radius 2 is 1.76 bits per heavy atom. The number of hydrogen-bond donors (Lipinski definition) is 1. The summed E-state index contributed by atoms with van der Waals surface area (Å²) in [6, 6.07) is 19.5. The molecule has 1 aliphatic heterocycles. The Labute approximate surface area is 195 Å². The third-order valence-corrected chi connectivity index (χ3v) is 5.26. The Hall–Kier alpha value is -4.24. The van der Waals surface area contributed by atoms with E-state index in [1.54, 1.807) is 30.3 Å². The van der Waals surface area contributed by atoms with Crippen molar-refractivity contribution in [2.45, 2.75) is 25.7 Å². The molecule has 34 heavy (non-hydrogen) atoms. The monoisotopic (exact) mass is 462 g/mol. The third-order valence-electron chi connectivity index (χ3n) is 5.26. The number of nitro groups is 1. The van der Waals surface area contributed by atoms with Crippen LogP contribution < -0.4 is 10.1 Å². The molecule has 3 aromatic carbocycles. The van der Waals surface area contributed by atoms with Crippen LogP contribution in [0.3, 0.4) is 0 Å². The SMILES string of the molecule is O=C(N[C@H](Cc1ccccc1)C(=O)OCc1cc([N+](=O)[O-])cc2c1OCOC2)c1ccccc1. The molecule has 0 unspecified atom stereocenters. The minimum absolute atomic E-state index is 0.00444. The highest BCUT2D eigenvalue weighted by molar-refractivity contribution is 5.96. The highest BCUT2D eigenvalue weighted by Crippen LogP contribution is 2.33. The predicted octanol–water partition coefficient (Wildman–Crippen LogP) is 3.55. The number of hydrogen-bond acceptors (Lipinski definition) is 7. The molecule has 1 atom stereocenters. The van der Waals surface area contributed by atoms with E-state index in [1.807, 2.05) is 30.3 Å². The fourth-order valence-corrected chi connectivity index (χ4v) is 3.62. The van der Waals surface area contributed by atoms with Crippen LogP contribution in [0.2, 0.25) is 0 Å². The van der Waals surface area contributed by atoms with Gasteiger partial charge in [-0.05, 0) is 17.7 Å². The van der Waals surface area contributed by atoms with Gasteiger partial charge >= 0.3 is 5.97 Å². The second kappa shape index (κ2) is 10.6. The van der Waals surface area contributed by atoms with Gasteiger partial charge in [0.2, 0.25) is 0 Å². The van der Waals surface area contributed by atoms with Crippen molar-refractivity contribution >= 4 is 17.6 Å². The Morgan fingerprint density at radius 1 is 1.06 bits per heavy atom. The van der Waals surface area contributed by atoms with Gasteiger partial charge in [0, 0.05) is 35.2 Å². The van der Waals surface area contributed by atoms with E-state index >= 15 is 0 Å². The van der Waals surface area contributed by atoms with E-state index in [9.17, 15) is 19.7 Å². The summed E-state index contributed by atoms with van der Waals surface area (Å²) in [6.07, 6.45) is 0.218. The van der Waals surface area contributed by atoms with Crippen molar-refractivity contribution in [1.82, 2.24) is 5.32 Å². The molecule has 174 valence electrons. The van der Waals surface area contributed by atoms with Crippen molar-refractivity contribution in [1.29, 1.82) is 0 Å². The molecule has 1 N–H and O–H groups in total. The maximum Gasteiger partial charge on any atom is 0.329 e. The summed E-state index contributed by atoms with van der Waals surface area (Å²) in [4.78, 5) is 36.5. The van der Waals surface area contributed by atoms with Gasteiger partial charge in [-0.1, -0.05) is 48.5 Å². The quantitative estimate of drug-likeness (QED) is 0.309. The number of benzene rings is 3. The van der Waals surface area contributed by atoms with Crippen LogP contribution in [0.25, 0.3) is 0 Å². The van der Waals surface area contributed by atoms with Gasteiger partial charge in [0.05, 0.1) is 11.5 Å². The van der Waals surface area contributed by atoms with Crippen LogP contribution in [0.5, 0.6) is 5.75 Å². The van der Waals surface area contributed by atoms with Crippen molar-refractivity contribution in [2.75, 3.05) is 6.79 Å². The molecule has 0 spiro atoms. The van der Waals surface area contributed by atoms with E-state index in [1.165, 1.54) is 12.1 Å². The summed E-state index contributed by atoms with van der Waals surface area (Å²) in [5, 5.41) is 14.1. The van der Waals surface area contributed by atoms with E-state index < -0.39 is 22.8 Å². The first-order chi connectivity index (χ1) is 16.5. The van der Waals surface area contributed by atoms with E-state index in [4.69, 9.17) is 14.2 Å². The zero-order valence-corrected chi connectivity index (χ0v) is 18.1. The molecule has 1 amide bonds. The zero-order valence-electron chi connectivity index (χ0n) is 18.1. The Bertz CT molecular complexity index is 1180. The number of nitro benzene ring substituents is 1. The highest BCUT2D eigenvalue weighted by atomic mass is 16.7. The van der Waals surface area contributed by atoms with Crippen LogP contribution >= 0.6 is 0 Å². The lowest BCUT2D eigenvalue weighted by Crippen LogP contribution is -2.43. The molecule has 0 saturated carbocycles. The molecule has 0 aliphatic carbocycles. The van der Waals surface area contributed by atoms with Crippen LogP contribution in [-0.2, 0) is 33.9 Å². The van der Waals surface area contributed by atoms with Gasteiger partial charge in [0.25, 0.3) is 11.6 Å². The van der Waals surface area contributed by atoms with Gasteiger partial charge in [-0.25, -0.2) is 4.79 Å². The summed E-state index contributed by atoms with van der Waals surface area (Å²) in [7, 11) is 0. The molecule has 9 heteroatoms. The molecule has 0 fully saturated rings. The summed E-state index contributed by atoms with van der Waals surface area (Å²) in [6.45, 7) is -0.105. The lowest BCUT2D eigenvalue weighted by Gasteiger charge is -2.21. The molecule has 0 radical (unpaired) electrons. The number of rotatable bonds is 8. The van der Waals surface area contributed by atoms with Crippen LogP contribution in [0.15, 0.2) is 72.8 Å². The molecule has 3 aromatic rings. The number of carbonyl (C=O) groups excluding carboxylic acids is 2. The topological polar surface area (TPSA) is 117 Å². The average Bonchev–Trinajstić information content (AvgIpc) is 2.87. The van der Waals surface area contributed by atoms with Crippen LogP contribution in [0.4, 0.5) is 5.69 Å². The third kappa shape index (κ3) is 5.57. The number of fused-ring (bicyclic) bond motifs is 1.